The molecule has 1 fully saturated rings. The van der Waals surface area contributed by atoms with Crippen molar-refractivity contribution in [2.24, 2.45) is 0 Å². The Morgan fingerprint density at radius 1 is 1.41 bits per heavy atom. The van der Waals surface area contributed by atoms with Gasteiger partial charge in [-0.3, -0.25) is 0 Å². The number of rotatable bonds is 4. The van der Waals surface area contributed by atoms with Crippen LogP contribution in [0.5, 0.6) is 0 Å². The number of nitrogens with zero attached hydrogens (tertiary/aromatic N) is 1. The lowest BCUT2D eigenvalue weighted by atomic mass is 10.1. The smallest absolute Gasteiger partial charge is 0.338 e. The van der Waals surface area contributed by atoms with Crippen LogP contribution in [0.2, 0.25) is 0 Å². The summed E-state index contributed by atoms with van der Waals surface area (Å²) < 4.78 is 31.7. The molecule has 1 N–H and O–H groups in total. The van der Waals surface area contributed by atoms with Crippen LogP contribution in [0.4, 0.5) is 0 Å². The lowest BCUT2D eigenvalue weighted by Gasteiger charge is -2.31. The van der Waals surface area contributed by atoms with Gasteiger partial charge in [-0.1, -0.05) is 0 Å². The van der Waals surface area contributed by atoms with Gasteiger partial charge in [0.15, 0.2) is 0 Å². The highest BCUT2D eigenvalue weighted by molar-refractivity contribution is 7.89. The number of hydrogen-bond acceptors (Lipinski definition) is 5. The van der Waals surface area contributed by atoms with Crippen LogP contribution in [0.1, 0.15) is 28.8 Å². The molecule has 1 heterocycles. The van der Waals surface area contributed by atoms with Crippen molar-refractivity contribution in [2.45, 2.75) is 30.7 Å². The normalized spacial score (nSPS) is 19.9. The van der Waals surface area contributed by atoms with Gasteiger partial charge in [0.1, 0.15) is 0 Å². The SMILES string of the molecule is CNC1CCCN(S(=O)(=O)c2ccc(C(=O)OC)c(C)c2)C1. The van der Waals surface area contributed by atoms with Gasteiger partial charge in [-0.05, 0) is 50.6 Å². The minimum atomic E-state index is -3.54. The van der Waals surface area contributed by atoms with E-state index in [-0.39, 0.29) is 10.9 Å². The fraction of sp³-hybridized carbons (Fsp3) is 0.533. The first kappa shape index (κ1) is 16.9. The molecule has 2 rings (SSSR count). The van der Waals surface area contributed by atoms with Gasteiger partial charge in [0.2, 0.25) is 10.0 Å². The van der Waals surface area contributed by atoms with Crippen molar-refractivity contribution < 1.29 is 17.9 Å². The van der Waals surface area contributed by atoms with Crippen molar-refractivity contribution in [3.8, 4) is 0 Å². The molecule has 0 radical (unpaired) electrons. The van der Waals surface area contributed by atoms with Crippen LogP contribution >= 0.6 is 0 Å². The molecule has 1 atom stereocenters. The second-order valence-corrected chi connectivity index (χ2v) is 7.40. The van der Waals surface area contributed by atoms with E-state index in [1.165, 1.54) is 29.6 Å². The molecule has 1 unspecified atom stereocenters. The largest absolute Gasteiger partial charge is 0.465 e. The standard InChI is InChI=1S/C15H22N2O4S/c1-11-9-13(6-7-14(11)15(18)21-3)22(19,20)17-8-4-5-12(10-17)16-2/h6-7,9,12,16H,4-5,8,10H2,1-3H3. The quantitative estimate of drug-likeness (QED) is 0.840. The van der Waals surface area contributed by atoms with Gasteiger partial charge in [-0.25, -0.2) is 13.2 Å². The molecular formula is C15H22N2O4S. The van der Waals surface area contributed by atoms with E-state index in [1.54, 1.807) is 6.92 Å². The lowest BCUT2D eigenvalue weighted by Crippen LogP contribution is -2.46. The number of methoxy groups -OCH3 is 1. The van der Waals surface area contributed by atoms with E-state index in [0.717, 1.165) is 12.8 Å². The van der Waals surface area contributed by atoms with Crippen LogP contribution in [0.15, 0.2) is 23.1 Å². The van der Waals surface area contributed by atoms with Crippen molar-refractivity contribution in [1.82, 2.24) is 9.62 Å². The van der Waals surface area contributed by atoms with Crippen molar-refractivity contribution in [3.05, 3.63) is 29.3 Å². The number of esters is 1. The molecule has 0 saturated carbocycles. The van der Waals surface area contributed by atoms with Gasteiger partial charge in [0.05, 0.1) is 17.6 Å². The Morgan fingerprint density at radius 3 is 2.73 bits per heavy atom. The Labute approximate surface area is 131 Å². The predicted molar refractivity (Wildman–Crippen MR) is 83.4 cm³/mol. The van der Waals surface area contributed by atoms with Gasteiger partial charge in [-0.2, -0.15) is 4.31 Å². The summed E-state index contributed by atoms with van der Waals surface area (Å²) in [7, 11) is -0.389. The average Bonchev–Trinajstić information content (AvgIpc) is 2.54. The lowest BCUT2D eigenvalue weighted by molar-refractivity contribution is 0.0600. The van der Waals surface area contributed by atoms with Crippen LogP contribution < -0.4 is 5.32 Å². The summed E-state index contributed by atoms with van der Waals surface area (Å²) in [5.41, 5.74) is 0.975. The molecular weight excluding hydrogens is 304 g/mol. The zero-order chi connectivity index (χ0) is 16.3. The number of carbonyl (C=O) groups excluding carboxylic acids is 1. The second kappa shape index (κ2) is 6.76. The minimum Gasteiger partial charge on any atom is -0.465 e. The minimum absolute atomic E-state index is 0.180. The van der Waals surface area contributed by atoms with E-state index in [0.29, 0.717) is 24.2 Å². The summed E-state index contributed by atoms with van der Waals surface area (Å²) in [6.45, 7) is 2.70. The molecule has 1 aromatic carbocycles. The van der Waals surface area contributed by atoms with Gasteiger partial charge < -0.3 is 10.1 Å². The first-order valence-electron chi connectivity index (χ1n) is 7.26. The summed E-state index contributed by atoms with van der Waals surface area (Å²) in [5, 5.41) is 3.13. The molecule has 122 valence electrons. The monoisotopic (exact) mass is 326 g/mol. The fourth-order valence-corrected chi connectivity index (χ4v) is 4.29. The zero-order valence-corrected chi connectivity index (χ0v) is 13.9. The van der Waals surface area contributed by atoms with E-state index < -0.39 is 16.0 Å². The first-order chi connectivity index (χ1) is 10.4. The Hall–Kier alpha value is -1.44. The number of carbonyl (C=O) groups is 1. The van der Waals surface area contributed by atoms with Crippen LogP contribution in [0, 0.1) is 6.92 Å². The highest BCUT2D eigenvalue weighted by Gasteiger charge is 2.30. The maximum absolute atomic E-state index is 12.7. The van der Waals surface area contributed by atoms with Crippen LogP contribution in [0.3, 0.4) is 0 Å². The Bertz CT molecular complexity index is 658. The average molecular weight is 326 g/mol. The number of likely N-dealkylation sites (N-methyl/N-ethyl adjacent to an activating group) is 1. The molecule has 1 aliphatic heterocycles. The van der Waals surface area contributed by atoms with Gasteiger partial charge in [0.25, 0.3) is 0 Å². The number of hydrogen-bond donors (Lipinski definition) is 1. The molecule has 0 spiro atoms. The Kier molecular flexibility index (Phi) is 5.20. The van der Waals surface area contributed by atoms with Gasteiger partial charge in [-0.15, -0.1) is 0 Å². The Morgan fingerprint density at radius 2 is 2.14 bits per heavy atom. The molecule has 0 aliphatic carbocycles. The van der Waals surface area contributed by atoms with E-state index >= 15 is 0 Å². The molecule has 22 heavy (non-hydrogen) atoms. The number of nitrogens with one attached hydrogen (secondary N) is 1. The maximum atomic E-state index is 12.7. The van der Waals surface area contributed by atoms with Crippen LogP contribution in [-0.2, 0) is 14.8 Å². The Balaban J connectivity index is 2.30. The summed E-state index contributed by atoms with van der Waals surface area (Å²) in [4.78, 5) is 11.8. The van der Waals surface area contributed by atoms with Crippen LogP contribution in [0.25, 0.3) is 0 Å². The predicted octanol–water partition coefficient (Wildman–Crippen LogP) is 1.15. The number of benzene rings is 1. The number of aryl methyl sites for hydroxylation is 1. The number of ether oxygens (including phenoxy) is 1. The molecule has 7 heteroatoms. The van der Waals surface area contributed by atoms with E-state index in [9.17, 15) is 13.2 Å². The third-order valence-electron chi connectivity index (χ3n) is 4.03. The van der Waals surface area contributed by atoms with Crippen molar-refractivity contribution >= 4 is 16.0 Å². The summed E-state index contributed by atoms with van der Waals surface area (Å²) in [6.07, 6.45) is 1.81. The van der Waals surface area contributed by atoms with E-state index in [1.807, 2.05) is 7.05 Å². The molecule has 1 aromatic rings. The number of sulfonamides is 1. The summed E-state index contributed by atoms with van der Waals surface area (Å²) >= 11 is 0. The van der Waals surface area contributed by atoms with Gasteiger partial charge >= 0.3 is 5.97 Å². The third-order valence-corrected chi connectivity index (χ3v) is 5.89. The van der Waals surface area contributed by atoms with Crippen molar-refractivity contribution in [1.29, 1.82) is 0 Å². The molecule has 0 bridgehead atoms. The molecule has 0 amide bonds. The highest BCUT2D eigenvalue weighted by atomic mass is 32.2. The van der Waals surface area contributed by atoms with Gasteiger partial charge in [0, 0.05) is 19.1 Å². The number of piperidine rings is 1. The topological polar surface area (TPSA) is 75.7 Å². The summed E-state index contributed by atoms with van der Waals surface area (Å²) in [6, 6.07) is 4.69. The molecule has 1 aliphatic rings. The third kappa shape index (κ3) is 3.31. The fourth-order valence-electron chi connectivity index (χ4n) is 2.68. The highest BCUT2D eigenvalue weighted by Crippen LogP contribution is 2.23. The molecule has 6 nitrogen and oxygen atoms in total. The summed E-state index contributed by atoms with van der Waals surface area (Å²) in [5.74, 6) is -0.463. The molecule has 0 aromatic heterocycles. The second-order valence-electron chi connectivity index (χ2n) is 5.46. The van der Waals surface area contributed by atoms with Crippen LogP contribution in [-0.4, -0.2) is 52.0 Å². The first-order valence-corrected chi connectivity index (χ1v) is 8.70. The van der Waals surface area contributed by atoms with Crippen molar-refractivity contribution in [3.63, 3.8) is 0 Å². The molecule has 1 saturated heterocycles. The zero-order valence-electron chi connectivity index (χ0n) is 13.1. The van der Waals surface area contributed by atoms with E-state index in [4.69, 9.17) is 0 Å². The van der Waals surface area contributed by atoms with E-state index in [2.05, 4.69) is 10.1 Å². The van der Waals surface area contributed by atoms with Crippen molar-refractivity contribution in [2.75, 3.05) is 27.2 Å². The maximum Gasteiger partial charge on any atom is 0.338 e.